The Labute approximate surface area is 130 Å². The summed E-state index contributed by atoms with van der Waals surface area (Å²) < 4.78 is 5.02. The smallest absolute Gasteiger partial charge is 0.414 e. The molecule has 0 radical (unpaired) electrons. The number of carbonyl (C=O) groups is 2. The second-order valence-corrected chi connectivity index (χ2v) is 6.24. The van der Waals surface area contributed by atoms with Crippen LogP contribution in [0.25, 0.3) is 0 Å². The van der Waals surface area contributed by atoms with E-state index in [0.717, 1.165) is 5.69 Å². The molecule has 0 fully saturated rings. The van der Waals surface area contributed by atoms with Crippen molar-refractivity contribution in [3.63, 3.8) is 0 Å². The van der Waals surface area contributed by atoms with Gasteiger partial charge in [-0.1, -0.05) is 11.6 Å². The average Bonchev–Trinajstić information content (AvgIpc) is 2.28. The molecule has 0 aliphatic carbocycles. The standard InChI is InChI=1S/C15H21ClN2O3/c1-10(17-12-7-5-11(16)6-8-12)9-13(19)18-14(20)21-15(2,3)4/h5-8,10,17H,9H2,1-4H3,(H,18,19,20). The Morgan fingerprint density at radius 1 is 1.24 bits per heavy atom. The summed E-state index contributed by atoms with van der Waals surface area (Å²) in [5, 5.41) is 6.00. The minimum atomic E-state index is -0.730. The first kappa shape index (κ1) is 17.3. The summed E-state index contributed by atoms with van der Waals surface area (Å²) in [7, 11) is 0. The van der Waals surface area contributed by atoms with Gasteiger partial charge in [0.1, 0.15) is 5.60 Å². The summed E-state index contributed by atoms with van der Waals surface area (Å²) in [6.45, 7) is 7.06. The molecule has 1 atom stereocenters. The van der Waals surface area contributed by atoms with E-state index >= 15 is 0 Å². The van der Waals surface area contributed by atoms with Gasteiger partial charge >= 0.3 is 6.09 Å². The third kappa shape index (κ3) is 7.56. The summed E-state index contributed by atoms with van der Waals surface area (Å²) in [6, 6.07) is 7.04. The molecule has 5 nitrogen and oxygen atoms in total. The highest BCUT2D eigenvalue weighted by Gasteiger charge is 2.19. The molecule has 2 N–H and O–H groups in total. The summed E-state index contributed by atoms with van der Waals surface area (Å²) in [5.74, 6) is -0.391. The second-order valence-electron chi connectivity index (χ2n) is 5.81. The summed E-state index contributed by atoms with van der Waals surface area (Å²) >= 11 is 5.80. The number of rotatable bonds is 4. The van der Waals surface area contributed by atoms with Crippen LogP contribution >= 0.6 is 11.6 Å². The average molecular weight is 313 g/mol. The van der Waals surface area contributed by atoms with Gasteiger partial charge in [0.15, 0.2) is 0 Å². The summed E-state index contributed by atoms with van der Waals surface area (Å²) in [6.07, 6.45) is -0.576. The van der Waals surface area contributed by atoms with Gasteiger partial charge < -0.3 is 10.1 Å². The Balaban J connectivity index is 2.40. The van der Waals surface area contributed by atoms with E-state index in [0.29, 0.717) is 5.02 Å². The number of imide groups is 1. The highest BCUT2D eigenvalue weighted by Crippen LogP contribution is 2.15. The topological polar surface area (TPSA) is 67.4 Å². The molecule has 0 saturated heterocycles. The highest BCUT2D eigenvalue weighted by atomic mass is 35.5. The lowest BCUT2D eigenvalue weighted by molar-refractivity contribution is -0.120. The van der Waals surface area contributed by atoms with Crippen LogP contribution in [0.1, 0.15) is 34.1 Å². The van der Waals surface area contributed by atoms with E-state index in [1.165, 1.54) is 0 Å². The van der Waals surface area contributed by atoms with Crippen molar-refractivity contribution in [3.8, 4) is 0 Å². The first-order valence-electron chi connectivity index (χ1n) is 6.70. The van der Waals surface area contributed by atoms with E-state index in [1.807, 2.05) is 19.1 Å². The lowest BCUT2D eigenvalue weighted by atomic mass is 10.2. The van der Waals surface area contributed by atoms with Gasteiger partial charge in [-0.15, -0.1) is 0 Å². The molecule has 0 aromatic heterocycles. The Bertz CT molecular complexity index is 495. The van der Waals surface area contributed by atoms with Gasteiger partial charge in [-0.05, 0) is 52.0 Å². The van der Waals surface area contributed by atoms with Crippen molar-refractivity contribution in [2.45, 2.75) is 45.8 Å². The van der Waals surface area contributed by atoms with Crippen molar-refractivity contribution in [1.29, 1.82) is 0 Å². The van der Waals surface area contributed by atoms with E-state index in [2.05, 4.69) is 10.6 Å². The maximum Gasteiger partial charge on any atom is 0.414 e. The van der Waals surface area contributed by atoms with E-state index in [9.17, 15) is 9.59 Å². The largest absolute Gasteiger partial charge is 0.444 e. The minimum Gasteiger partial charge on any atom is -0.444 e. The molecular weight excluding hydrogens is 292 g/mol. The first-order chi connectivity index (χ1) is 9.65. The lowest BCUT2D eigenvalue weighted by Gasteiger charge is -2.20. The second kappa shape index (κ2) is 7.31. The van der Waals surface area contributed by atoms with Crippen molar-refractivity contribution in [3.05, 3.63) is 29.3 Å². The van der Waals surface area contributed by atoms with Crippen LogP contribution in [0, 0.1) is 0 Å². The molecule has 2 amide bonds. The number of nitrogens with one attached hydrogen (secondary N) is 2. The van der Waals surface area contributed by atoms with Crippen LogP contribution in [0.3, 0.4) is 0 Å². The molecule has 21 heavy (non-hydrogen) atoms. The van der Waals surface area contributed by atoms with Crippen molar-refractivity contribution in [1.82, 2.24) is 5.32 Å². The van der Waals surface area contributed by atoms with Gasteiger partial charge in [0.05, 0.1) is 0 Å². The van der Waals surface area contributed by atoms with Crippen molar-refractivity contribution < 1.29 is 14.3 Å². The molecule has 0 spiro atoms. The fourth-order valence-corrected chi connectivity index (χ4v) is 1.75. The van der Waals surface area contributed by atoms with E-state index < -0.39 is 17.6 Å². The molecule has 116 valence electrons. The van der Waals surface area contributed by atoms with Gasteiger partial charge in [0, 0.05) is 23.2 Å². The molecule has 1 unspecified atom stereocenters. The number of anilines is 1. The molecule has 1 aromatic rings. The zero-order chi connectivity index (χ0) is 16.0. The normalized spacial score (nSPS) is 12.4. The van der Waals surface area contributed by atoms with Crippen LogP contribution in [-0.4, -0.2) is 23.6 Å². The predicted octanol–water partition coefficient (Wildman–Crippen LogP) is 3.58. The van der Waals surface area contributed by atoms with Crippen molar-refractivity contribution in [2.75, 3.05) is 5.32 Å². The molecule has 0 aliphatic rings. The van der Waals surface area contributed by atoms with Gasteiger partial charge in [-0.25, -0.2) is 4.79 Å². The molecule has 0 bridgehead atoms. The van der Waals surface area contributed by atoms with E-state index in [4.69, 9.17) is 16.3 Å². The third-order valence-corrected chi connectivity index (χ3v) is 2.64. The maximum atomic E-state index is 11.7. The number of benzene rings is 1. The van der Waals surface area contributed by atoms with Crippen LogP contribution in [0.5, 0.6) is 0 Å². The number of alkyl carbamates (subject to hydrolysis) is 1. The highest BCUT2D eigenvalue weighted by molar-refractivity contribution is 6.30. The Morgan fingerprint density at radius 3 is 2.33 bits per heavy atom. The quantitative estimate of drug-likeness (QED) is 0.891. The van der Waals surface area contributed by atoms with Crippen molar-refractivity contribution in [2.24, 2.45) is 0 Å². The maximum absolute atomic E-state index is 11.7. The van der Waals surface area contributed by atoms with E-state index in [1.54, 1.807) is 32.9 Å². The number of halogens is 1. The van der Waals surface area contributed by atoms with Crippen LogP contribution < -0.4 is 10.6 Å². The zero-order valence-electron chi connectivity index (χ0n) is 12.7. The van der Waals surface area contributed by atoms with Gasteiger partial charge in [-0.2, -0.15) is 0 Å². The van der Waals surface area contributed by atoms with Crippen molar-refractivity contribution >= 4 is 29.3 Å². The zero-order valence-corrected chi connectivity index (χ0v) is 13.5. The van der Waals surface area contributed by atoms with Gasteiger partial charge in [0.25, 0.3) is 0 Å². The SMILES string of the molecule is CC(CC(=O)NC(=O)OC(C)(C)C)Nc1ccc(Cl)cc1. The number of ether oxygens (including phenoxy) is 1. The molecule has 1 rings (SSSR count). The Kier molecular flexibility index (Phi) is 6.03. The fourth-order valence-electron chi connectivity index (χ4n) is 1.63. The molecule has 1 aromatic carbocycles. The fraction of sp³-hybridized carbons (Fsp3) is 0.467. The Morgan fingerprint density at radius 2 is 1.81 bits per heavy atom. The lowest BCUT2D eigenvalue weighted by Crippen LogP contribution is -2.38. The molecular formula is C15H21ClN2O3. The first-order valence-corrected chi connectivity index (χ1v) is 7.08. The van der Waals surface area contributed by atoms with Crippen LogP contribution in [0.4, 0.5) is 10.5 Å². The monoisotopic (exact) mass is 312 g/mol. The van der Waals surface area contributed by atoms with E-state index in [-0.39, 0.29) is 12.5 Å². The number of hydrogen-bond donors (Lipinski definition) is 2. The van der Waals surface area contributed by atoms with Crippen LogP contribution in [-0.2, 0) is 9.53 Å². The van der Waals surface area contributed by atoms with Crippen LogP contribution in [0.2, 0.25) is 5.02 Å². The van der Waals surface area contributed by atoms with Gasteiger partial charge in [0.2, 0.25) is 5.91 Å². The van der Waals surface area contributed by atoms with Gasteiger partial charge in [-0.3, -0.25) is 10.1 Å². The third-order valence-electron chi connectivity index (χ3n) is 2.39. The predicted molar refractivity (Wildman–Crippen MR) is 83.5 cm³/mol. The number of amides is 2. The minimum absolute atomic E-state index is 0.131. The summed E-state index contributed by atoms with van der Waals surface area (Å²) in [4.78, 5) is 23.2. The number of hydrogen-bond acceptors (Lipinski definition) is 4. The Hall–Kier alpha value is -1.75. The molecule has 0 saturated carbocycles. The molecule has 0 aliphatic heterocycles. The number of carbonyl (C=O) groups excluding carboxylic acids is 2. The van der Waals surface area contributed by atoms with Crippen LogP contribution in [0.15, 0.2) is 24.3 Å². The molecule has 0 heterocycles. The summed E-state index contributed by atoms with van der Waals surface area (Å²) in [5.41, 5.74) is 0.231. The molecule has 6 heteroatoms.